The predicted octanol–water partition coefficient (Wildman–Crippen LogP) is 9.44. The van der Waals surface area contributed by atoms with Crippen molar-refractivity contribution in [2.75, 3.05) is 5.32 Å². The van der Waals surface area contributed by atoms with E-state index in [4.69, 9.17) is 0 Å². The molecule has 0 radical (unpaired) electrons. The van der Waals surface area contributed by atoms with Crippen molar-refractivity contribution in [2.45, 2.75) is 60.3 Å². The molecule has 0 aliphatic heterocycles. The Balaban J connectivity index is 1.60. The summed E-state index contributed by atoms with van der Waals surface area (Å²) in [5, 5.41) is 5.09. The smallest absolute Gasteiger partial charge is 0.255 e. The van der Waals surface area contributed by atoms with E-state index in [9.17, 15) is 4.79 Å². The maximum Gasteiger partial charge on any atom is 0.255 e. The van der Waals surface area contributed by atoms with Gasteiger partial charge < -0.3 is 5.32 Å². The second kappa shape index (κ2) is 10.7. The third-order valence-corrected chi connectivity index (χ3v) is 7.41. The minimum Gasteiger partial charge on any atom is -0.321 e. The number of allylic oxidation sites excluding steroid dienone is 5. The number of nitrogens with one attached hydrogen (secondary N) is 1. The molecule has 1 aliphatic rings. The highest BCUT2D eigenvalue weighted by Gasteiger charge is 2.26. The number of carbonyl (C=O) groups is 1. The highest BCUT2D eigenvalue weighted by molar-refractivity contribution is 6.09. The SMILES string of the molecule is CCc1cc(C(=O)Nc2cccc3ccccc23)ccc1/C(F)=C(C)/C=C/C1=C(C)CCCC1(C)C. The van der Waals surface area contributed by atoms with Crippen molar-refractivity contribution in [1.29, 1.82) is 0 Å². The van der Waals surface area contributed by atoms with Crippen LogP contribution in [0.3, 0.4) is 0 Å². The number of carbonyl (C=O) groups excluding carboxylic acids is 1. The molecular weight excluding hydrogens is 445 g/mol. The van der Waals surface area contributed by atoms with Crippen LogP contribution in [0.2, 0.25) is 0 Å². The molecule has 1 aliphatic carbocycles. The van der Waals surface area contributed by atoms with Crippen LogP contribution in [0.4, 0.5) is 10.1 Å². The normalized spacial score (nSPS) is 16.4. The van der Waals surface area contributed by atoms with Crippen molar-refractivity contribution < 1.29 is 9.18 Å². The Bertz CT molecular complexity index is 1380. The van der Waals surface area contributed by atoms with Gasteiger partial charge in [-0.3, -0.25) is 4.79 Å². The minimum absolute atomic E-state index is 0.114. The third-order valence-electron chi connectivity index (χ3n) is 7.41. The van der Waals surface area contributed by atoms with Gasteiger partial charge in [-0.05, 0) is 85.2 Å². The Hall–Kier alpha value is -3.46. The van der Waals surface area contributed by atoms with E-state index >= 15 is 4.39 Å². The lowest BCUT2D eigenvalue weighted by atomic mass is 9.72. The van der Waals surface area contributed by atoms with Gasteiger partial charge in [-0.2, -0.15) is 0 Å². The zero-order chi connectivity index (χ0) is 25.9. The zero-order valence-corrected chi connectivity index (χ0v) is 22.0. The summed E-state index contributed by atoms with van der Waals surface area (Å²) in [4.78, 5) is 13.1. The summed E-state index contributed by atoms with van der Waals surface area (Å²) in [6, 6.07) is 19.1. The second-order valence-corrected chi connectivity index (χ2v) is 10.5. The number of hydrogen-bond donors (Lipinski definition) is 1. The van der Waals surface area contributed by atoms with Crippen LogP contribution in [0.25, 0.3) is 16.6 Å². The molecule has 0 saturated heterocycles. The fourth-order valence-electron chi connectivity index (χ4n) is 5.27. The van der Waals surface area contributed by atoms with Gasteiger partial charge in [0, 0.05) is 22.2 Å². The van der Waals surface area contributed by atoms with Gasteiger partial charge in [-0.25, -0.2) is 4.39 Å². The molecule has 0 fully saturated rings. The highest BCUT2D eigenvalue weighted by Crippen LogP contribution is 2.41. The summed E-state index contributed by atoms with van der Waals surface area (Å²) < 4.78 is 15.6. The topological polar surface area (TPSA) is 29.1 Å². The first-order valence-electron chi connectivity index (χ1n) is 12.9. The van der Waals surface area contributed by atoms with Crippen LogP contribution in [0, 0.1) is 5.41 Å². The Morgan fingerprint density at radius 3 is 2.58 bits per heavy atom. The maximum absolute atomic E-state index is 15.6. The Morgan fingerprint density at radius 2 is 1.83 bits per heavy atom. The molecule has 3 aromatic rings. The van der Waals surface area contributed by atoms with E-state index in [1.54, 1.807) is 12.1 Å². The van der Waals surface area contributed by atoms with Gasteiger partial charge in [0.2, 0.25) is 0 Å². The van der Waals surface area contributed by atoms with E-state index in [0.717, 1.165) is 34.9 Å². The fraction of sp³-hybridized carbons (Fsp3) is 0.303. The van der Waals surface area contributed by atoms with Gasteiger partial charge in [0.25, 0.3) is 5.91 Å². The fourth-order valence-corrected chi connectivity index (χ4v) is 5.27. The Kier molecular flexibility index (Phi) is 7.59. The number of rotatable bonds is 6. The van der Waals surface area contributed by atoms with Crippen molar-refractivity contribution >= 4 is 28.2 Å². The summed E-state index contributed by atoms with van der Waals surface area (Å²) in [6.07, 6.45) is 8.10. The number of hydrogen-bond acceptors (Lipinski definition) is 1. The van der Waals surface area contributed by atoms with E-state index in [1.807, 2.05) is 68.5 Å². The number of aryl methyl sites for hydroxylation is 1. The summed E-state index contributed by atoms with van der Waals surface area (Å²) in [7, 11) is 0. The number of amides is 1. The average molecular weight is 482 g/mol. The molecule has 2 nitrogen and oxygen atoms in total. The van der Waals surface area contributed by atoms with Crippen LogP contribution >= 0.6 is 0 Å². The van der Waals surface area contributed by atoms with Gasteiger partial charge in [-0.15, -0.1) is 0 Å². The lowest BCUT2D eigenvalue weighted by molar-refractivity contribution is 0.102. The van der Waals surface area contributed by atoms with Crippen LogP contribution in [0.5, 0.6) is 0 Å². The summed E-state index contributed by atoms with van der Waals surface area (Å²) in [5.41, 5.74) is 6.08. The summed E-state index contributed by atoms with van der Waals surface area (Å²) in [6.45, 7) is 10.5. The molecule has 0 heterocycles. The van der Waals surface area contributed by atoms with Crippen LogP contribution in [-0.2, 0) is 6.42 Å². The van der Waals surface area contributed by atoms with Gasteiger partial charge in [0.1, 0.15) is 5.83 Å². The molecule has 0 aromatic heterocycles. The lowest BCUT2D eigenvalue weighted by Crippen LogP contribution is -2.19. The van der Waals surface area contributed by atoms with Crippen molar-refractivity contribution in [2.24, 2.45) is 5.41 Å². The maximum atomic E-state index is 15.6. The Labute approximate surface area is 214 Å². The number of fused-ring (bicyclic) bond motifs is 1. The lowest BCUT2D eigenvalue weighted by Gasteiger charge is -2.33. The van der Waals surface area contributed by atoms with E-state index < -0.39 is 0 Å². The molecule has 4 rings (SSSR count). The van der Waals surface area contributed by atoms with Crippen molar-refractivity contribution in [3.63, 3.8) is 0 Å². The zero-order valence-electron chi connectivity index (χ0n) is 22.0. The van der Waals surface area contributed by atoms with Gasteiger partial charge in [-0.1, -0.05) is 81.0 Å². The molecule has 36 heavy (non-hydrogen) atoms. The average Bonchev–Trinajstić information content (AvgIpc) is 2.87. The van der Waals surface area contributed by atoms with Crippen LogP contribution in [-0.4, -0.2) is 5.91 Å². The molecule has 3 heteroatoms. The standard InChI is InChI=1S/C33H36FNO/c1-6-24-21-26(32(36)35-30-15-9-13-25-12-7-8-14-27(25)30)17-18-28(24)31(34)23(3)16-19-29-22(2)11-10-20-33(29,4)5/h7-9,12-19,21H,6,10-11,20H2,1-5H3,(H,35,36)/b19-16+,31-23-. The van der Waals surface area contributed by atoms with Crippen LogP contribution < -0.4 is 5.32 Å². The molecule has 0 bridgehead atoms. The predicted molar refractivity (Wildman–Crippen MR) is 151 cm³/mol. The number of anilines is 1. The molecule has 0 atom stereocenters. The van der Waals surface area contributed by atoms with Crippen LogP contribution in [0.15, 0.2) is 89.5 Å². The second-order valence-electron chi connectivity index (χ2n) is 10.5. The van der Waals surface area contributed by atoms with E-state index in [1.165, 1.54) is 17.6 Å². The Morgan fingerprint density at radius 1 is 1.08 bits per heavy atom. The van der Waals surface area contributed by atoms with Crippen LogP contribution in [0.1, 0.15) is 75.4 Å². The van der Waals surface area contributed by atoms with Gasteiger partial charge >= 0.3 is 0 Å². The van der Waals surface area contributed by atoms with Crippen molar-refractivity contribution in [1.82, 2.24) is 0 Å². The van der Waals surface area contributed by atoms with E-state index in [2.05, 4.69) is 32.2 Å². The summed E-state index contributed by atoms with van der Waals surface area (Å²) in [5.74, 6) is -0.438. The minimum atomic E-state index is -0.240. The first kappa shape index (κ1) is 25.6. The first-order valence-corrected chi connectivity index (χ1v) is 12.9. The number of benzene rings is 3. The molecular formula is C33H36FNO. The molecule has 3 aromatic carbocycles. The monoisotopic (exact) mass is 481 g/mol. The molecule has 0 saturated carbocycles. The van der Waals surface area contributed by atoms with Gasteiger partial charge in [0.15, 0.2) is 0 Å². The van der Waals surface area contributed by atoms with Gasteiger partial charge in [0.05, 0.1) is 0 Å². The molecule has 1 amide bonds. The van der Waals surface area contributed by atoms with Crippen molar-refractivity contribution in [3.05, 3.63) is 106 Å². The number of halogens is 1. The molecule has 0 unspecified atom stereocenters. The highest BCUT2D eigenvalue weighted by atomic mass is 19.1. The first-order chi connectivity index (χ1) is 17.2. The largest absolute Gasteiger partial charge is 0.321 e. The molecule has 0 spiro atoms. The van der Waals surface area contributed by atoms with E-state index in [0.29, 0.717) is 23.1 Å². The third kappa shape index (κ3) is 5.36. The van der Waals surface area contributed by atoms with Crippen molar-refractivity contribution in [3.8, 4) is 0 Å². The molecule has 186 valence electrons. The van der Waals surface area contributed by atoms with E-state index in [-0.39, 0.29) is 17.1 Å². The quantitative estimate of drug-likeness (QED) is 0.349. The summed E-state index contributed by atoms with van der Waals surface area (Å²) >= 11 is 0. The molecule has 1 N–H and O–H groups in total.